The SMILES string of the molecule is CCOCCOC(=O)CC[C@@H](C)[C@H]1CC[C@H]2[C@@H]3CCC4CCCC[C@]4(C)[C@H]3CC[C@]12C. The highest BCUT2D eigenvalue weighted by Gasteiger charge is 2.60. The Morgan fingerprint density at radius 1 is 0.935 bits per heavy atom. The van der Waals surface area contributed by atoms with Crippen molar-refractivity contribution >= 4 is 5.97 Å². The van der Waals surface area contributed by atoms with E-state index in [1.165, 1.54) is 64.2 Å². The van der Waals surface area contributed by atoms with Crippen molar-refractivity contribution in [2.24, 2.45) is 46.3 Å². The molecule has 0 spiro atoms. The van der Waals surface area contributed by atoms with Crippen LogP contribution in [0.25, 0.3) is 0 Å². The molecule has 4 saturated carbocycles. The zero-order valence-corrected chi connectivity index (χ0v) is 20.8. The van der Waals surface area contributed by atoms with E-state index in [1.54, 1.807) is 0 Å². The molecule has 31 heavy (non-hydrogen) atoms. The zero-order valence-electron chi connectivity index (χ0n) is 20.8. The summed E-state index contributed by atoms with van der Waals surface area (Å²) in [6.45, 7) is 11.3. The number of hydrogen-bond acceptors (Lipinski definition) is 3. The lowest BCUT2D eigenvalue weighted by atomic mass is 9.44. The molecule has 4 aliphatic carbocycles. The van der Waals surface area contributed by atoms with Crippen LogP contribution in [0.1, 0.15) is 105 Å². The predicted octanol–water partition coefficient (Wildman–Crippen LogP) is 7.03. The standard InChI is InChI=1S/C28H48O3/c1-5-30-18-19-31-26(29)14-9-20(2)23-12-13-24-22-11-10-21-8-6-7-16-27(21,3)25(22)15-17-28(23,24)4/h20-25H,5-19H2,1-4H3/t20-,21?,22+,23-,24+,25+,27+,28-/m1/s1. The summed E-state index contributed by atoms with van der Waals surface area (Å²) in [6.07, 6.45) is 16.2. The van der Waals surface area contributed by atoms with Crippen molar-refractivity contribution in [1.29, 1.82) is 0 Å². The van der Waals surface area contributed by atoms with Crippen LogP contribution in [0.2, 0.25) is 0 Å². The first kappa shape index (κ1) is 23.6. The van der Waals surface area contributed by atoms with E-state index in [4.69, 9.17) is 9.47 Å². The number of hydrogen-bond donors (Lipinski definition) is 0. The van der Waals surface area contributed by atoms with Crippen molar-refractivity contribution in [2.75, 3.05) is 19.8 Å². The molecular weight excluding hydrogens is 384 g/mol. The van der Waals surface area contributed by atoms with E-state index in [0.29, 0.717) is 43.0 Å². The lowest BCUT2D eigenvalue weighted by Crippen LogP contribution is -2.53. The highest BCUT2D eigenvalue weighted by molar-refractivity contribution is 5.69. The van der Waals surface area contributed by atoms with Crippen LogP contribution in [0.15, 0.2) is 0 Å². The molecule has 3 nitrogen and oxygen atoms in total. The quantitative estimate of drug-likeness (QED) is 0.305. The molecule has 0 amide bonds. The first-order valence-electron chi connectivity index (χ1n) is 13.6. The van der Waals surface area contributed by atoms with Gasteiger partial charge in [-0.2, -0.15) is 0 Å². The van der Waals surface area contributed by atoms with E-state index in [9.17, 15) is 4.79 Å². The summed E-state index contributed by atoms with van der Waals surface area (Å²) in [7, 11) is 0. The summed E-state index contributed by atoms with van der Waals surface area (Å²) < 4.78 is 10.6. The number of carbonyl (C=O) groups excluding carboxylic acids is 1. The van der Waals surface area contributed by atoms with Crippen LogP contribution in [-0.4, -0.2) is 25.8 Å². The molecule has 0 aromatic carbocycles. The van der Waals surface area contributed by atoms with Crippen molar-refractivity contribution in [2.45, 2.75) is 105 Å². The van der Waals surface area contributed by atoms with Crippen LogP contribution < -0.4 is 0 Å². The van der Waals surface area contributed by atoms with Gasteiger partial charge in [-0.15, -0.1) is 0 Å². The number of ether oxygens (including phenoxy) is 2. The Morgan fingerprint density at radius 3 is 2.55 bits per heavy atom. The first-order chi connectivity index (χ1) is 14.9. The van der Waals surface area contributed by atoms with Gasteiger partial charge in [0, 0.05) is 13.0 Å². The number of esters is 1. The number of fused-ring (bicyclic) bond motifs is 5. The second-order valence-electron chi connectivity index (χ2n) is 12.1. The van der Waals surface area contributed by atoms with Crippen molar-refractivity contribution in [3.63, 3.8) is 0 Å². The van der Waals surface area contributed by atoms with Gasteiger partial charge in [0.1, 0.15) is 6.61 Å². The van der Waals surface area contributed by atoms with Crippen LogP contribution in [0.3, 0.4) is 0 Å². The monoisotopic (exact) mass is 432 g/mol. The van der Waals surface area contributed by atoms with Gasteiger partial charge in [0.15, 0.2) is 0 Å². The highest BCUT2D eigenvalue weighted by Crippen LogP contribution is 2.68. The minimum Gasteiger partial charge on any atom is -0.463 e. The van der Waals surface area contributed by atoms with E-state index >= 15 is 0 Å². The fourth-order valence-electron chi connectivity index (χ4n) is 9.25. The Hall–Kier alpha value is -0.570. The summed E-state index contributed by atoms with van der Waals surface area (Å²) in [5.74, 6) is 5.25. The van der Waals surface area contributed by atoms with Crippen molar-refractivity contribution in [3.8, 4) is 0 Å². The average Bonchev–Trinajstić information content (AvgIpc) is 3.12. The molecule has 178 valence electrons. The topological polar surface area (TPSA) is 35.5 Å². The van der Waals surface area contributed by atoms with Gasteiger partial charge in [0.05, 0.1) is 6.61 Å². The minimum atomic E-state index is -0.0430. The van der Waals surface area contributed by atoms with E-state index in [2.05, 4.69) is 20.8 Å². The molecule has 4 fully saturated rings. The Kier molecular flexibility index (Phi) is 7.41. The molecule has 0 heterocycles. The molecule has 4 aliphatic rings. The number of rotatable bonds is 8. The molecule has 0 aliphatic heterocycles. The van der Waals surface area contributed by atoms with Gasteiger partial charge in [-0.25, -0.2) is 0 Å². The molecule has 0 aromatic heterocycles. The highest BCUT2D eigenvalue weighted by atomic mass is 16.6. The second-order valence-corrected chi connectivity index (χ2v) is 12.1. The van der Waals surface area contributed by atoms with Gasteiger partial charge in [-0.05, 0) is 111 Å². The van der Waals surface area contributed by atoms with Crippen LogP contribution in [0, 0.1) is 46.3 Å². The van der Waals surface area contributed by atoms with E-state index in [-0.39, 0.29) is 5.97 Å². The largest absolute Gasteiger partial charge is 0.463 e. The summed E-state index contributed by atoms with van der Waals surface area (Å²) in [5, 5.41) is 0. The smallest absolute Gasteiger partial charge is 0.305 e. The lowest BCUT2D eigenvalue weighted by molar-refractivity contribution is -0.145. The molecule has 0 radical (unpaired) electrons. The van der Waals surface area contributed by atoms with E-state index in [1.807, 2.05) is 6.92 Å². The molecular formula is C28H48O3. The van der Waals surface area contributed by atoms with E-state index in [0.717, 1.165) is 36.0 Å². The molecule has 3 heteroatoms. The van der Waals surface area contributed by atoms with Gasteiger partial charge >= 0.3 is 5.97 Å². The van der Waals surface area contributed by atoms with Crippen LogP contribution in [-0.2, 0) is 14.3 Å². The maximum Gasteiger partial charge on any atom is 0.305 e. The molecule has 4 rings (SSSR count). The Morgan fingerprint density at radius 2 is 1.74 bits per heavy atom. The third-order valence-electron chi connectivity index (χ3n) is 10.8. The fourth-order valence-corrected chi connectivity index (χ4v) is 9.25. The van der Waals surface area contributed by atoms with Crippen molar-refractivity contribution < 1.29 is 14.3 Å². The van der Waals surface area contributed by atoms with Crippen molar-refractivity contribution in [3.05, 3.63) is 0 Å². The van der Waals surface area contributed by atoms with Crippen molar-refractivity contribution in [1.82, 2.24) is 0 Å². The summed E-state index contributed by atoms with van der Waals surface area (Å²) in [5.41, 5.74) is 1.13. The minimum absolute atomic E-state index is 0.0430. The summed E-state index contributed by atoms with van der Waals surface area (Å²) >= 11 is 0. The van der Waals surface area contributed by atoms with Crippen LogP contribution in [0.5, 0.6) is 0 Å². The van der Waals surface area contributed by atoms with Crippen LogP contribution in [0.4, 0.5) is 0 Å². The average molecular weight is 433 g/mol. The van der Waals surface area contributed by atoms with Gasteiger partial charge in [-0.1, -0.05) is 33.6 Å². The molecule has 8 atom stereocenters. The molecule has 0 bridgehead atoms. The number of carbonyl (C=O) groups is 1. The van der Waals surface area contributed by atoms with Gasteiger partial charge in [0.25, 0.3) is 0 Å². The third kappa shape index (κ3) is 4.46. The third-order valence-corrected chi connectivity index (χ3v) is 10.8. The zero-order chi connectivity index (χ0) is 22.1. The Labute approximate surface area is 191 Å². The van der Waals surface area contributed by atoms with Gasteiger partial charge in [-0.3, -0.25) is 4.79 Å². The van der Waals surface area contributed by atoms with Gasteiger partial charge < -0.3 is 9.47 Å². The second kappa shape index (κ2) is 9.74. The Bertz CT molecular complexity index is 617. The molecule has 0 saturated heterocycles. The maximum atomic E-state index is 12.2. The summed E-state index contributed by atoms with van der Waals surface area (Å²) in [6, 6.07) is 0. The predicted molar refractivity (Wildman–Crippen MR) is 126 cm³/mol. The normalized spacial score (nSPS) is 42.9. The molecule has 0 N–H and O–H groups in total. The molecule has 1 unspecified atom stereocenters. The summed E-state index contributed by atoms with van der Waals surface area (Å²) in [4.78, 5) is 12.2. The molecule has 0 aromatic rings. The Balaban J connectivity index is 1.34. The van der Waals surface area contributed by atoms with Crippen LogP contribution >= 0.6 is 0 Å². The maximum absolute atomic E-state index is 12.2. The fraction of sp³-hybridized carbons (Fsp3) is 0.964. The lowest BCUT2D eigenvalue weighted by Gasteiger charge is -2.61. The first-order valence-corrected chi connectivity index (χ1v) is 13.6. The van der Waals surface area contributed by atoms with Gasteiger partial charge in [0.2, 0.25) is 0 Å². The van der Waals surface area contributed by atoms with E-state index < -0.39 is 0 Å².